The van der Waals surface area contributed by atoms with Crippen LogP contribution in [0.3, 0.4) is 0 Å². The van der Waals surface area contributed by atoms with E-state index in [4.69, 9.17) is 16.6 Å². The highest BCUT2D eigenvalue weighted by Gasteiger charge is 2.32. The van der Waals surface area contributed by atoms with E-state index in [0.29, 0.717) is 34.0 Å². The SMILES string of the molecule is CCN(C(=O)C(c1ccccc1)c1ccccc1)C(C)c1nc2ccccc2c(=O)n1-c1ccc(Cl)cc1C. The summed E-state index contributed by atoms with van der Waals surface area (Å²) in [6.45, 7) is 6.25. The Labute approximate surface area is 233 Å². The number of amides is 1. The molecule has 0 saturated heterocycles. The van der Waals surface area contributed by atoms with Crippen molar-refractivity contribution in [1.29, 1.82) is 0 Å². The van der Waals surface area contributed by atoms with Gasteiger partial charge in [0.15, 0.2) is 0 Å². The first-order valence-corrected chi connectivity index (χ1v) is 13.5. The number of fused-ring (bicyclic) bond motifs is 1. The Bertz CT molecular complexity index is 1640. The third kappa shape index (κ3) is 5.10. The normalized spacial score (nSPS) is 12.0. The lowest BCUT2D eigenvalue weighted by molar-refractivity contribution is -0.134. The minimum atomic E-state index is -0.496. The Kier molecular flexibility index (Phi) is 7.62. The highest BCUT2D eigenvalue weighted by Crippen LogP contribution is 2.32. The second-order valence-electron chi connectivity index (χ2n) is 9.61. The lowest BCUT2D eigenvalue weighted by Crippen LogP contribution is -2.40. The molecular formula is C33H30ClN3O2. The number of halogens is 1. The molecule has 6 heteroatoms. The Morgan fingerprint density at radius 2 is 1.49 bits per heavy atom. The van der Waals surface area contributed by atoms with Gasteiger partial charge in [-0.25, -0.2) is 4.98 Å². The van der Waals surface area contributed by atoms with Crippen LogP contribution in [0, 0.1) is 6.92 Å². The molecule has 0 aliphatic carbocycles. The summed E-state index contributed by atoms with van der Waals surface area (Å²) in [5.74, 6) is -0.0453. The number of para-hydroxylation sites is 1. The standard InChI is InChI=1S/C33H30ClN3O2/c1-4-36(33(39)30(24-13-7-5-8-14-24)25-15-9-6-10-16-25)23(3)31-35-28-18-12-11-17-27(28)32(38)37(31)29-20-19-26(34)21-22(29)2/h5-21,23,30H,4H2,1-3H3. The molecule has 5 rings (SSSR count). The van der Waals surface area contributed by atoms with Crippen molar-refractivity contribution in [2.24, 2.45) is 0 Å². The monoisotopic (exact) mass is 535 g/mol. The van der Waals surface area contributed by atoms with Gasteiger partial charge in [-0.15, -0.1) is 0 Å². The molecule has 1 atom stereocenters. The van der Waals surface area contributed by atoms with Crippen LogP contribution < -0.4 is 5.56 Å². The molecule has 1 amide bonds. The van der Waals surface area contributed by atoms with Crippen molar-refractivity contribution in [2.75, 3.05) is 6.54 Å². The fourth-order valence-electron chi connectivity index (χ4n) is 5.23. The van der Waals surface area contributed by atoms with Gasteiger partial charge in [-0.1, -0.05) is 84.4 Å². The number of rotatable bonds is 7. The van der Waals surface area contributed by atoms with Crippen LogP contribution in [0.2, 0.25) is 5.02 Å². The van der Waals surface area contributed by atoms with Crippen LogP contribution in [0.5, 0.6) is 0 Å². The van der Waals surface area contributed by atoms with E-state index >= 15 is 0 Å². The number of aryl methyl sites for hydroxylation is 1. The molecule has 5 aromatic rings. The highest BCUT2D eigenvalue weighted by molar-refractivity contribution is 6.30. The third-order valence-electron chi connectivity index (χ3n) is 7.18. The van der Waals surface area contributed by atoms with Gasteiger partial charge in [-0.3, -0.25) is 14.2 Å². The number of carbonyl (C=O) groups is 1. The van der Waals surface area contributed by atoms with Crippen molar-refractivity contribution in [3.8, 4) is 5.69 Å². The van der Waals surface area contributed by atoms with Crippen LogP contribution in [0.4, 0.5) is 0 Å². The predicted octanol–water partition coefficient (Wildman–Crippen LogP) is 7.09. The predicted molar refractivity (Wildman–Crippen MR) is 158 cm³/mol. The second kappa shape index (κ2) is 11.3. The van der Waals surface area contributed by atoms with Crippen LogP contribution >= 0.6 is 11.6 Å². The molecule has 0 bridgehead atoms. The van der Waals surface area contributed by atoms with E-state index < -0.39 is 12.0 Å². The van der Waals surface area contributed by atoms with Crippen LogP contribution in [0.25, 0.3) is 16.6 Å². The first-order valence-electron chi connectivity index (χ1n) is 13.1. The lowest BCUT2D eigenvalue weighted by atomic mass is 9.89. The van der Waals surface area contributed by atoms with Crippen LogP contribution in [0.1, 0.15) is 48.3 Å². The zero-order chi connectivity index (χ0) is 27.5. The van der Waals surface area contributed by atoms with Gasteiger partial charge in [-0.05, 0) is 67.8 Å². The van der Waals surface area contributed by atoms with Gasteiger partial charge >= 0.3 is 0 Å². The molecule has 1 unspecified atom stereocenters. The Balaban J connectivity index is 1.68. The van der Waals surface area contributed by atoms with Crippen molar-refractivity contribution in [3.05, 3.63) is 141 Å². The van der Waals surface area contributed by atoms with Crippen molar-refractivity contribution in [1.82, 2.24) is 14.5 Å². The molecule has 0 spiro atoms. The second-order valence-corrected chi connectivity index (χ2v) is 10.0. The molecule has 0 aliphatic rings. The van der Waals surface area contributed by atoms with Gasteiger partial charge in [0, 0.05) is 11.6 Å². The van der Waals surface area contributed by atoms with Gasteiger partial charge in [0.25, 0.3) is 5.56 Å². The summed E-state index contributed by atoms with van der Waals surface area (Å²) in [5, 5.41) is 1.11. The number of carbonyl (C=O) groups excluding carboxylic acids is 1. The Morgan fingerprint density at radius 1 is 0.897 bits per heavy atom. The number of likely N-dealkylation sites (N-methyl/N-ethyl adjacent to an activating group) is 1. The maximum Gasteiger partial charge on any atom is 0.266 e. The Hall–Kier alpha value is -4.22. The van der Waals surface area contributed by atoms with Crippen LogP contribution in [-0.2, 0) is 4.79 Å². The van der Waals surface area contributed by atoms with E-state index in [1.165, 1.54) is 0 Å². The fourth-order valence-corrected chi connectivity index (χ4v) is 5.45. The summed E-state index contributed by atoms with van der Waals surface area (Å²) in [5.41, 5.74) is 3.78. The fraction of sp³-hybridized carbons (Fsp3) is 0.182. The maximum absolute atomic E-state index is 14.4. The van der Waals surface area contributed by atoms with E-state index in [2.05, 4.69) is 0 Å². The first-order chi connectivity index (χ1) is 18.9. The summed E-state index contributed by atoms with van der Waals surface area (Å²) >= 11 is 6.25. The maximum atomic E-state index is 14.4. The summed E-state index contributed by atoms with van der Waals surface area (Å²) < 4.78 is 1.63. The zero-order valence-corrected chi connectivity index (χ0v) is 23.0. The van der Waals surface area contributed by atoms with E-state index in [1.54, 1.807) is 16.7 Å². The average Bonchev–Trinajstić information content (AvgIpc) is 2.95. The molecule has 39 heavy (non-hydrogen) atoms. The molecular weight excluding hydrogens is 506 g/mol. The van der Waals surface area contributed by atoms with Crippen LogP contribution in [0.15, 0.2) is 108 Å². The topological polar surface area (TPSA) is 55.2 Å². The van der Waals surface area contributed by atoms with Gasteiger partial charge in [0.2, 0.25) is 5.91 Å². The molecule has 1 heterocycles. The van der Waals surface area contributed by atoms with E-state index in [1.807, 2.05) is 117 Å². The number of hydrogen-bond donors (Lipinski definition) is 0. The molecule has 0 N–H and O–H groups in total. The minimum absolute atomic E-state index is 0.0517. The summed E-state index contributed by atoms with van der Waals surface area (Å²) in [7, 11) is 0. The van der Waals surface area contributed by atoms with Gasteiger partial charge in [0.1, 0.15) is 5.82 Å². The molecule has 0 aliphatic heterocycles. The van der Waals surface area contributed by atoms with Gasteiger partial charge < -0.3 is 4.90 Å². The summed E-state index contributed by atoms with van der Waals surface area (Å²) in [4.78, 5) is 35.1. The summed E-state index contributed by atoms with van der Waals surface area (Å²) in [6, 6.07) is 31.9. The van der Waals surface area contributed by atoms with Crippen LogP contribution in [-0.4, -0.2) is 26.9 Å². The molecule has 1 aromatic heterocycles. The molecule has 5 nitrogen and oxygen atoms in total. The van der Waals surface area contributed by atoms with E-state index in [-0.39, 0.29) is 11.5 Å². The van der Waals surface area contributed by atoms with Crippen molar-refractivity contribution >= 4 is 28.4 Å². The third-order valence-corrected chi connectivity index (χ3v) is 7.41. The van der Waals surface area contributed by atoms with E-state index in [9.17, 15) is 9.59 Å². The molecule has 196 valence electrons. The lowest BCUT2D eigenvalue weighted by Gasteiger charge is -2.33. The highest BCUT2D eigenvalue weighted by atomic mass is 35.5. The molecule has 4 aromatic carbocycles. The molecule has 0 fully saturated rings. The van der Waals surface area contributed by atoms with E-state index in [0.717, 1.165) is 16.7 Å². The number of benzene rings is 4. The average molecular weight is 536 g/mol. The smallest absolute Gasteiger partial charge is 0.266 e. The number of hydrogen-bond acceptors (Lipinski definition) is 3. The van der Waals surface area contributed by atoms with Crippen molar-refractivity contribution in [2.45, 2.75) is 32.7 Å². The quantitative estimate of drug-likeness (QED) is 0.223. The van der Waals surface area contributed by atoms with Crippen molar-refractivity contribution < 1.29 is 4.79 Å². The molecule has 0 radical (unpaired) electrons. The van der Waals surface area contributed by atoms with Crippen molar-refractivity contribution in [3.63, 3.8) is 0 Å². The zero-order valence-electron chi connectivity index (χ0n) is 22.2. The molecule has 0 saturated carbocycles. The number of nitrogens with zero attached hydrogens (tertiary/aromatic N) is 3. The van der Waals surface area contributed by atoms with Gasteiger partial charge in [0.05, 0.1) is 28.6 Å². The number of aromatic nitrogens is 2. The first kappa shape index (κ1) is 26.4. The van der Waals surface area contributed by atoms with Gasteiger partial charge in [-0.2, -0.15) is 0 Å². The Morgan fingerprint density at radius 3 is 2.08 bits per heavy atom. The minimum Gasteiger partial charge on any atom is -0.332 e. The largest absolute Gasteiger partial charge is 0.332 e. The summed E-state index contributed by atoms with van der Waals surface area (Å²) in [6.07, 6.45) is 0.